The Morgan fingerprint density at radius 3 is 2.57 bits per heavy atom. The summed E-state index contributed by atoms with van der Waals surface area (Å²) in [6.07, 6.45) is 0. The molecule has 0 fully saturated rings. The van der Waals surface area contributed by atoms with Gasteiger partial charge < -0.3 is 15.0 Å². The fraction of sp³-hybridized carbons (Fsp3) is 0.333. The second-order valence-electron chi connectivity index (χ2n) is 6.55. The lowest BCUT2D eigenvalue weighted by molar-refractivity contribution is -0.118. The normalized spacial score (nSPS) is 11.9. The number of likely N-dealkylation sites (N-methyl/N-ethyl adjacent to an activating group) is 1. The zero-order valence-electron chi connectivity index (χ0n) is 16.5. The number of rotatable bonds is 9. The van der Waals surface area contributed by atoms with Crippen LogP contribution in [-0.2, 0) is 4.79 Å². The first kappa shape index (κ1) is 21.9. The summed E-state index contributed by atoms with van der Waals surface area (Å²) in [6, 6.07) is 12.0. The highest BCUT2D eigenvalue weighted by atomic mass is 32.2. The Labute approximate surface area is 169 Å². The van der Waals surface area contributed by atoms with Crippen LogP contribution in [0.15, 0.2) is 47.4 Å². The highest BCUT2D eigenvalue weighted by Gasteiger charge is 2.16. The maximum atomic E-state index is 14.1. The summed E-state index contributed by atoms with van der Waals surface area (Å²) >= 11 is 1.11. The second kappa shape index (κ2) is 10.2. The molecule has 28 heavy (non-hydrogen) atoms. The number of Topliss-reactive ketones (excluding diaryl/α,β-unsaturated/α-hetero) is 1. The molecule has 0 spiro atoms. The van der Waals surface area contributed by atoms with E-state index >= 15 is 0 Å². The molecule has 0 radical (unpaired) electrons. The van der Waals surface area contributed by atoms with Crippen molar-refractivity contribution >= 4 is 23.5 Å². The van der Waals surface area contributed by atoms with Crippen LogP contribution >= 0.6 is 11.8 Å². The summed E-state index contributed by atoms with van der Waals surface area (Å²) in [5, 5.41) is 2.90. The Morgan fingerprint density at radius 2 is 1.96 bits per heavy atom. The monoisotopic (exact) mass is 404 g/mol. The fourth-order valence-electron chi connectivity index (χ4n) is 2.69. The summed E-state index contributed by atoms with van der Waals surface area (Å²) in [6.45, 7) is 1.81. The Morgan fingerprint density at radius 1 is 1.21 bits per heavy atom. The van der Waals surface area contributed by atoms with Crippen molar-refractivity contribution < 1.29 is 18.7 Å². The maximum absolute atomic E-state index is 14.1. The van der Waals surface area contributed by atoms with E-state index in [0.29, 0.717) is 17.0 Å². The van der Waals surface area contributed by atoms with E-state index in [2.05, 4.69) is 5.32 Å². The molecule has 7 heteroatoms. The zero-order valence-corrected chi connectivity index (χ0v) is 17.3. The molecule has 0 saturated carbocycles. The van der Waals surface area contributed by atoms with Gasteiger partial charge >= 0.3 is 0 Å². The SMILES string of the molecule is COc1cccc(C(CNC(=O)CSc2ccc(C(C)=O)cc2F)N(C)C)c1. The van der Waals surface area contributed by atoms with E-state index in [0.717, 1.165) is 23.1 Å². The van der Waals surface area contributed by atoms with Crippen molar-refractivity contribution in [3.8, 4) is 5.75 Å². The van der Waals surface area contributed by atoms with Crippen LogP contribution in [0.25, 0.3) is 0 Å². The van der Waals surface area contributed by atoms with E-state index in [9.17, 15) is 14.0 Å². The highest BCUT2D eigenvalue weighted by molar-refractivity contribution is 8.00. The molecule has 0 aliphatic carbocycles. The lowest BCUT2D eigenvalue weighted by Gasteiger charge is -2.25. The molecule has 1 amide bonds. The van der Waals surface area contributed by atoms with Gasteiger partial charge in [0.1, 0.15) is 11.6 Å². The van der Waals surface area contributed by atoms with Crippen LogP contribution in [0.5, 0.6) is 5.75 Å². The number of nitrogens with one attached hydrogen (secondary N) is 1. The molecule has 150 valence electrons. The third-order valence-corrected chi connectivity index (χ3v) is 5.34. The molecule has 2 rings (SSSR count). The second-order valence-corrected chi connectivity index (χ2v) is 7.57. The number of amides is 1. The van der Waals surface area contributed by atoms with Gasteiger partial charge in [0, 0.05) is 17.0 Å². The van der Waals surface area contributed by atoms with E-state index in [-0.39, 0.29) is 23.5 Å². The first-order chi connectivity index (χ1) is 13.3. The van der Waals surface area contributed by atoms with Gasteiger partial charge in [0.15, 0.2) is 5.78 Å². The van der Waals surface area contributed by atoms with Gasteiger partial charge in [0.05, 0.1) is 18.9 Å². The van der Waals surface area contributed by atoms with E-state index in [1.807, 2.05) is 43.3 Å². The van der Waals surface area contributed by atoms with Crippen molar-refractivity contribution in [3.63, 3.8) is 0 Å². The molecule has 0 aliphatic rings. The van der Waals surface area contributed by atoms with Gasteiger partial charge in [-0.3, -0.25) is 9.59 Å². The number of hydrogen-bond acceptors (Lipinski definition) is 5. The van der Waals surface area contributed by atoms with Crippen LogP contribution in [0.1, 0.15) is 28.9 Å². The number of carbonyl (C=O) groups excluding carboxylic acids is 2. The van der Waals surface area contributed by atoms with E-state index in [1.54, 1.807) is 13.2 Å². The molecule has 5 nitrogen and oxygen atoms in total. The summed E-state index contributed by atoms with van der Waals surface area (Å²) in [5.74, 6) is -0.0202. The van der Waals surface area contributed by atoms with E-state index in [1.165, 1.54) is 19.1 Å². The number of ketones is 1. The molecule has 1 atom stereocenters. The quantitative estimate of drug-likeness (QED) is 0.512. The topological polar surface area (TPSA) is 58.6 Å². The van der Waals surface area contributed by atoms with Gasteiger partial charge in [-0.2, -0.15) is 0 Å². The zero-order chi connectivity index (χ0) is 20.7. The van der Waals surface area contributed by atoms with Gasteiger partial charge in [0.2, 0.25) is 5.91 Å². The predicted molar refractivity (Wildman–Crippen MR) is 110 cm³/mol. The smallest absolute Gasteiger partial charge is 0.230 e. The number of benzene rings is 2. The Bertz CT molecular complexity index is 842. The molecule has 0 bridgehead atoms. The van der Waals surface area contributed by atoms with E-state index in [4.69, 9.17) is 4.74 Å². The summed E-state index contributed by atoms with van der Waals surface area (Å²) in [7, 11) is 5.50. The van der Waals surface area contributed by atoms with Crippen LogP contribution in [-0.4, -0.2) is 50.1 Å². The standard InChI is InChI=1S/C21H25FN2O3S/c1-14(25)15-8-9-20(18(22)11-15)28-13-21(26)23-12-19(24(2)3)16-6-5-7-17(10-16)27-4/h5-11,19H,12-13H2,1-4H3,(H,23,26). The Kier molecular flexibility index (Phi) is 8.02. The fourth-order valence-corrected chi connectivity index (χ4v) is 3.44. The molecular weight excluding hydrogens is 379 g/mol. The number of hydrogen-bond donors (Lipinski definition) is 1. The Hall–Kier alpha value is -2.38. The Balaban J connectivity index is 1.93. The number of methoxy groups -OCH3 is 1. The van der Waals surface area contributed by atoms with Crippen LogP contribution in [0.3, 0.4) is 0 Å². The summed E-state index contributed by atoms with van der Waals surface area (Å²) in [4.78, 5) is 25.9. The molecule has 0 aromatic heterocycles. The third kappa shape index (κ3) is 6.07. The molecule has 2 aromatic rings. The van der Waals surface area contributed by atoms with Gasteiger partial charge in [-0.1, -0.05) is 18.2 Å². The van der Waals surface area contributed by atoms with Crippen molar-refractivity contribution in [1.82, 2.24) is 10.2 Å². The van der Waals surface area contributed by atoms with Gasteiger partial charge in [0.25, 0.3) is 0 Å². The number of nitrogens with zero attached hydrogens (tertiary/aromatic N) is 1. The predicted octanol–water partition coefficient (Wildman–Crippen LogP) is 3.55. The van der Waals surface area contributed by atoms with Gasteiger partial charge in [-0.05, 0) is 50.8 Å². The summed E-state index contributed by atoms with van der Waals surface area (Å²) in [5.41, 5.74) is 1.35. The van der Waals surface area contributed by atoms with Crippen molar-refractivity contribution in [2.24, 2.45) is 0 Å². The van der Waals surface area contributed by atoms with Gasteiger partial charge in [-0.25, -0.2) is 4.39 Å². The average Bonchev–Trinajstić information content (AvgIpc) is 2.67. The number of halogens is 1. The lowest BCUT2D eigenvalue weighted by atomic mass is 10.1. The van der Waals surface area contributed by atoms with Gasteiger partial charge in [-0.15, -0.1) is 11.8 Å². The molecular formula is C21H25FN2O3S. The lowest BCUT2D eigenvalue weighted by Crippen LogP contribution is -2.35. The number of ether oxygens (including phenoxy) is 1. The van der Waals surface area contributed by atoms with Crippen LogP contribution in [0.2, 0.25) is 0 Å². The van der Waals surface area contributed by atoms with Crippen molar-refractivity contribution in [1.29, 1.82) is 0 Å². The third-order valence-electron chi connectivity index (χ3n) is 4.29. The molecule has 2 aromatic carbocycles. The van der Waals surface area contributed by atoms with Crippen LogP contribution < -0.4 is 10.1 Å². The van der Waals surface area contributed by atoms with Crippen LogP contribution in [0, 0.1) is 5.82 Å². The summed E-state index contributed by atoms with van der Waals surface area (Å²) < 4.78 is 19.3. The first-order valence-corrected chi connectivity index (χ1v) is 9.80. The molecule has 1 unspecified atom stereocenters. The van der Waals surface area contributed by atoms with E-state index < -0.39 is 5.82 Å². The minimum Gasteiger partial charge on any atom is -0.497 e. The molecule has 0 aliphatic heterocycles. The number of carbonyl (C=O) groups is 2. The van der Waals surface area contributed by atoms with Crippen molar-refractivity contribution in [2.45, 2.75) is 17.9 Å². The molecule has 0 heterocycles. The van der Waals surface area contributed by atoms with Crippen molar-refractivity contribution in [2.75, 3.05) is 33.5 Å². The molecule has 0 saturated heterocycles. The average molecular weight is 405 g/mol. The number of thioether (sulfide) groups is 1. The minimum absolute atomic E-state index is 0.0179. The molecule has 1 N–H and O–H groups in total. The largest absolute Gasteiger partial charge is 0.497 e. The maximum Gasteiger partial charge on any atom is 0.230 e. The first-order valence-electron chi connectivity index (χ1n) is 8.82. The highest BCUT2D eigenvalue weighted by Crippen LogP contribution is 2.24. The van der Waals surface area contributed by atoms with Crippen molar-refractivity contribution in [3.05, 3.63) is 59.4 Å². The minimum atomic E-state index is -0.493. The van der Waals surface area contributed by atoms with Crippen LogP contribution in [0.4, 0.5) is 4.39 Å².